The quantitative estimate of drug-likeness (QED) is 0.664. The summed E-state index contributed by atoms with van der Waals surface area (Å²) in [4.78, 5) is 24.8. The number of nitrogens with zero attached hydrogens (tertiary/aromatic N) is 1. The van der Waals surface area contributed by atoms with Crippen molar-refractivity contribution in [2.24, 2.45) is 5.92 Å². The lowest BCUT2D eigenvalue weighted by molar-refractivity contribution is -0.130. The minimum absolute atomic E-state index is 0.0952. The largest absolute Gasteiger partial charge is 0.353 e. The number of allylic oxidation sites excluding steroid dienone is 1. The standard InChI is InChI=1S/C12H18N2O2/c1-2-3-12(16)14-7-6-10-9(8-14)4-5-11(15)13-10/h2-3,9-10H,4-8H2,1H3,(H,13,15)/b3-2+. The van der Waals surface area contributed by atoms with Crippen molar-refractivity contribution in [2.45, 2.75) is 32.2 Å². The lowest BCUT2D eigenvalue weighted by atomic mass is 9.85. The monoisotopic (exact) mass is 222 g/mol. The van der Waals surface area contributed by atoms with E-state index in [9.17, 15) is 9.59 Å². The summed E-state index contributed by atoms with van der Waals surface area (Å²) in [6.07, 6.45) is 5.79. The van der Waals surface area contributed by atoms with Crippen LogP contribution in [0.25, 0.3) is 0 Å². The topological polar surface area (TPSA) is 49.4 Å². The summed E-state index contributed by atoms with van der Waals surface area (Å²) < 4.78 is 0. The SMILES string of the molecule is C/C=C/C(=O)N1CCC2NC(=O)CCC2C1. The number of nitrogens with one attached hydrogen (secondary N) is 1. The molecule has 2 unspecified atom stereocenters. The van der Waals surface area contributed by atoms with Crippen molar-refractivity contribution in [1.29, 1.82) is 0 Å². The number of hydrogen-bond acceptors (Lipinski definition) is 2. The maximum absolute atomic E-state index is 11.7. The molecule has 2 aliphatic heterocycles. The van der Waals surface area contributed by atoms with Crippen LogP contribution in [0.1, 0.15) is 26.2 Å². The van der Waals surface area contributed by atoms with Crippen LogP contribution in [0.2, 0.25) is 0 Å². The Morgan fingerprint density at radius 2 is 2.31 bits per heavy atom. The third-order valence-corrected chi connectivity index (χ3v) is 3.44. The van der Waals surface area contributed by atoms with Crippen molar-refractivity contribution < 1.29 is 9.59 Å². The molecule has 2 atom stereocenters. The van der Waals surface area contributed by atoms with Gasteiger partial charge in [0.25, 0.3) is 0 Å². The molecule has 2 aliphatic rings. The minimum Gasteiger partial charge on any atom is -0.353 e. The van der Waals surface area contributed by atoms with E-state index in [0.29, 0.717) is 12.3 Å². The zero-order valence-corrected chi connectivity index (χ0v) is 9.61. The molecule has 1 N–H and O–H groups in total. The van der Waals surface area contributed by atoms with Gasteiger partial charge in [0.05, 0.1) is 0 Å². The number of rotatable bonds is 1. The van der Waals surface area contributed by atoms with E-state index in [-0.39, 0.29) is 17.9 Å². The summed E-state index contributed by atoms with van der Waals surface area (Å²) in [6, 6.07) is 0.288. The molecule has 0 aromatic heterocycles. The van der Waals surface area contributed by atoms with E-state index in [1.54, 1.807) is 12.2 Å². The normalized spacial score (nSPS) is 30.1. The van der Waals surface area contributed by atoms with Gasteiger partial charge in [-0.2, -0.15) is 0 Å². The predicted octanol–water partition coefficient (Wildman–Crippen LogP) is 0.690. The second kappa shape index (κ2) is 4.68. The molecule has 0 saturated carbocycles. The Bertz CT molecular complexity index is 325. The molecule has 2 fully saturated rings. The van der Waals surface area contributed by atoms with E-state index in [1.165, 1.54) is 0 Å². The van der Waals surface area contributed by atoms with Gasteiger partial charge >= 0.3 is 0 Å². The van der Waals surface area contributed by atoms with Crippen LogP contribution in [0, 0.1) is 5.92 Å². The van der Waals surface area contributed by atoms with Gasteiger partial charge in [0.2, 0.25) is 11.8 Å². The Morgan fingerprint density at radius 3 is 3.06 bits per heavy atom. The predicted molar refractivity (Wildman–Crippen MR) is 60.7 cm³/mol. The number of likely N-dealkylation sites (tertiary alicyclic amines) is 1. The van der Waals surface area contributed by atoms with Gasteiger partial charge in [-0.25, -0.2) is 0 Å². The fourth-order valence-corrected chi connectivity index (χ4v) is 2.56. The number of fused-ring (bicyclic) bond motifs is 1. The molecule has 2 amide bonds. The molecule has 0 aromatic rings. The Hall–Kier alpha value is -1.32. The van der Waals surface area contributed by atoms with Crippen LogP contribution in [0.5, 0.6) is 0 Å². The number of amides is 2. The molecular formula is C12H18N2O2. The Balaban J connectivity index is 1.95. The first-order valence-corrected chi connectivity index (χ1v) is 5.91. The Labute approximate surface area is 95.7 Å². The Kier molecular flexibility index (Phi) is 3.27. The highest BCUT2D eigenvalue weighted by Gasteiger charge is 2.34. The Morgan fingerprint density at radius 1 is 1.50 bits per heavy atom. The summed E-state index contributed by atoms with van der Waals surface area (Å²) in [5.41, 5.74) is 0. The third-order valence-electron chi connectivity index (χ3n) is 3.44. The molecule has 2 heterocycles. The molecule has 4 nitrogen and oxygen atoms in total. The van der Waals surface area contributed by atoms with Crippen LogP contribution in [0.15, 0.2) is 12.2 Å². The fraction of sp³-hybridized carbons (Fsp3) is 0.667. The lowest BCUT2D eigenvalue weighted by Gasteiger charge is -2.41. The summed E-state index contributed by atoms with van der Waals surface area (Å²) in [5.74, 6) is 0.702. The zero-order chi connectivity index (χ0) is 11.5. The second-order valence-corrected chi connectivity index (χ2v) is 4.55. The third kappa shape index (κ3) is 2.26. The highest BCUT2D eigenvalue weighted by Crippen LogP contribution is 2.25. The van der Waals surface area contributed by atoms with Gasteiger partial charge < -0.3 is 10.2 Å². The first kappa shape index (κ1) is 11.2. The zero-order valence-electron chi connectivity index (χ0n) is 9.61. The summed E-state index contributed by atoms with van der Waals surface area (Å²) in [7, 11) is 0. The van der Waals surface area contributed by atoms with Crippen molar-refractivity contribution in [3.05, 3.63) is 12.2 Å². The lowest BCUT2D eigenvalue weighted by Crippen LogP contribution is -2.54. The van der Waals surface area contributed by atoms with E-state index < -0.39 is 0 Å². The smallest absolute Gasteiger partial charge is 0.246 e. The number of carbonyl (C=O) groups excluding carboxylic acids is 2. The molecule has 4 heteroatoms. The molecule has 0 aliphatic carbocycles. The number of piperidine rings is 2. The highest BCUT2D eigenvalue weighted by atomic mass is 16.2. The van der Waals surface area contributed by atoms with Gasteiger partial charge in [-0.3, -0.25) is 9.59 Å². The van der Waals surface area contributed by atoms with Crippen LogP contribution >= 0.6 is 0 Å². The van der Waals surface area contributed by atoms with Gasteiger partial charge in [-0.15, -0.1) is 0 Å². The first-order valence-electron chi connectivity index (χ1n) is 5.91. The van der Waals surface area contributed by atoms with E-state index in [4.69, 9.17) is 0 Å². The molecule has 2 saturated heterocycles. The maximum Gasteiger partial charge on any atom is 0.246 e. The number of hydrogen-bond donors (Lipinski definition) is 1. The van der Waals surface area contributed by atoms with E-state index in [2.05, 4.69) is 5.32 Å². The van der Waals surface area contributed by atoms with Crippen molar-refractivity contribution >= 4 is 11.8 Å². The van der Waals surface area contributed by atoms with Gasteiger partial charge in [-0.05, 0) is 31.8 Å². The van der Waals surface area contributed by atoms with Gasteiger partial charge in [-0.1, -0.05) is 6.08 Å². The highest BCUT2D eigenvalue weighted by molar-refractivity contribution is 5.87. The molecule has 0 bridgehead atoms. The molecule has 0 aromatic carbocycles. The second-order valence-electron chi connectivity index (χ2n) is 4.55. The summed E-state index contributed by atoms with van der Waals surface area (Å²) in [5, 5.41) is 3.01. The molecule has 16 heavy (non-hydrogen) atoms. The fourth-order valence-electron chi connectivity index (χ4n) is 2.56. The van der Waals surface area contributed by atoms with E-state index >= 15 is 0 Å². The molecule has 2 rings (SSSR count). The molecular weight excluding hydrogens is 204 g/mol. The van der Waals surface area contributed by atoms with Crippen molar-refractivity contribution in [3.8, 4) is 0 Å². The average Bonchev–Trinajstić information content (AvgIpc) is 2.28. The van der Waals surface area contributed by atoms with Crippen LogP contribution in [-0.2, 0) is 9.59 Å². The van der Waals surface area contributed by atoms with E-state index in [0.717, 1.165) is 25.9 Å². The molecule has 88 valence electrons. The molecule has 0 spiro atoms. The van der Waals surface area contributed by atoms with Gasteiger partial charge in [0, 0.05) is 25.6 Å². The van der Waals surface area contributed by atoms with Gasteiger partial charge in [0.15, 0.2) is 0 Å². The van der Waals surface area contributed by atoms with Crippen molar-refractivity contribution in [1.82, 2.24) is 10.2 Å². The number of carbonyl (C=O) groups is 2. The first-order chi connectivity index (χ1) is 7.70. The van der Waals surface area contributed by atoms with Crippen LogP contribution in [-0.4, -0.2) is 35.8 Å². The van der Waals surface area contributed by atoms with Gasteiger partial charge in [0.1, 0.15) is 0 Å². The maximum atomic E-state index is 11.7. The summed E-state index contributed by atoms with van der Waals surface area (Å²) >= 11 is 0. The van der Waals surface area contributed by atoms with Crippen LogP contribution in [0.3, 0.4) is 0 Å². The van der Waals surface area contributed by atoms with Crippen molar-refractivity contribution in [3.63, 3.8) is 0 Å². The van der Waals surface area contributed by atoms with Crippen LogP contribution in [0.4, 0.5) is 0 Å². The van der Waals surface area contributed by atoms with E-state index in [1.807, 2.05) is 11.8 Å². The van der Waals surface area contributed by atoms with Crippen LogP contribution < -0.4 is 5.32 Å². The minimum atomic E-state index is 0.0952. The summed E-state index contributed by atoms with van der Waals surface area (Å²) in [6.45, 7) is 3.39. The molecule has 0 radical (unpaired) electrons. The average molecular weight is 222 g/mol. The van der Waals surface area contributed by atoms with Crippen molar-refractivity contribution in [2.75, 3.05) is 13.1 Å².